The van der Waals surface area contributed by atoms with E-state index in [0.29, 0.717) is 22.2 Å². The Balaban J connectivity index is 1.68. The number of piperazine rings is 1. The summed E-state index contributed by atoms with van der Waals surface area (Å²) in [6.45, 7) is 6.19. The number of nitrogen functional groups attached to an aromatic ring is 1. The molecule has 0 saturated carbocycles. The normalized spacial score (nSPS) is 16.3. The molecule has 8 nitrogen and oxygen atoms in total. The predicted octanol–water partition coefficient (Wildman–Crippen LogP) is 2.94. The smallest absolute Gasteiger partial charge is 0.273 e. The second kappa shape index (κ2) is 8.34. The highest BCUT2D eigenvalue weighted by Gasteiger charge is 2.26. The lowest BCUT2D eigenvalue weighted by Crippen LogP contribution is -2.44. The van der Waals surface area contributed by atoms with E-state index in [0.717, 1.165) is 38.9 Å². The average Bonchev–Trinajstić information content (AvgIpc) is 2.75. The molecule has 1 atom stereocenters. The van der Waals surface area contributed by atoms with Gasteiger partial charge in [0, 0.05) is 55.9 Å². The summed E-state index contributed by atoms with van der Waals surface area (Å²) < 4.78 is 27.7. The zero-order valence-corrected chi connectivity index (χ0v) is 18.3. The van der Waals surface area contributed by atoms with Crippen LogP contribution in [0.1, 0.15) is 31.0 Å². The van der Waals surface area contributed by atoms with Gasteiger partial charge in [0.15, 0.2) is 5.82 Å². The lowest BCUT2D eigenvalue weighted by molar-refractivity contribution is 0.0174. The summed E-state index contributed by atoms with van der Waals surface area (Å²) in [5, 5.41) is 10.9. The van der Waals surface area contributed by atoms with Crippen LogP contribution in [0.4, 0.5) is 26.1 Å². The van der Waals surface area contributed by atoms with Gasteiger partial charge in [0.25, 0.3) is 11.5 Å². The molecule has 1 aliphatic heterocycles. The molecule has 0 bridgehead atoms. The molecule has 1 fully saturated rings. The van der Waals surface area contributed by atoms with Gasteiger partial charge in [0.05, 0.1) is 11.4 Å². The first-order chi connectivity index (χ1) is 15.1. The number of alkyl halides is 2. The molecule has 170 valence electrons. The van der Waals surface area contributed by atoms with Gasteiger partial charge in [-0.1, -0.05) is 0 Å². The third kappa shape index (κ3) is 4.50. The number of nitrogens with zero attached hydrogens (tertiary/aromatic N) is 4. The minimum Gasteiger partial charge on any atom is -0.399 e. The van der Waals surface area contributed by atoms with E-state index in [1.165, 1.54) is 12.1 Å². The molecule has 10 heteroatoms. The van der Waals surface area contributed by atoms with Crippen molar-refractivity contribution in [1.82, 2.24) is 20.1 Å². The molecule has 3 heterocycles. The maximum Gasteiger partial charge on any atom is 0.273 e. The summed E-state index contributed by atoms with van der Waals surface area (Å²) in [6.07, 6.45) is 1.55. The molecule has 4 N–H and O–H groups in total. The third-order valence-electron chi connectivity index (χ3n) is 5.82. The van der Waals surface area contributed by atoms with Crippen molar-refractivity contribution in [2.75, 3.05) is 49.2 Å². The van der Waals surface area contributed by atoms with Crippen molar-refractivity contribution in [2.24, 2.45) is 0 Å². The number of nitrogens with one attached hydrogen (secondary N) is 2. The lowest BCUT2D eigenvalue weighted by atomic mass is 10.0. The monoisotopic (exact) mass is 443 g/mol. The highest BCUT2D eigenvalue weighted by atomic mass is 19.3. The zero-order chi connectivity index (χ0) is 23.0. The Morgan fingerprint density at radius 3 is 2.56 bits per heavy atom. The summed E-state index contributed by atoms with van der Waals surface area (Å²) in [6, 6.07) is 5.82. The summed E-state index contributed by atoms with van der Waals surface area (Å²) in [5.41, 5.74) is 6.23. The van der Waals surface area contributed by atoms with Crippen LogP contribution in [0, 0.1) is 0 Å². The number of rotatable bonds is 5. The van der Waals surface area contributed by atoms with Gasteiger partial charge >= 0.3 is 0 Å². The van der Waals surface area contributed by atoms with Crippen LogP contribution in [-0.2, 0) is 5.92 Å². The molecule has 1 unspecified atom stereocenters. The zero-order valence-electron chi connectivity index (χ0n) is 18.3. The predicted molar refractivity (Wildman–Crippen MR) is 122 cm³/mol. The van der Waals surface area contributed by atoms with E-state index in [-0.39, 0.29) is 22.9 Å². The number of aromatic amines is 1. The van der Waals surface area contributed by atoms with Crippen LogP contribution in [0.15, 0.2) is 35.3 Å². The molecule has 3 aromatic rings. The summed E-state index contributed by atoms with van der Waals surface area (Å²) >= 11 is 0. The van der Waals surface area contributed by atoms with Crippen molar-refractivity contribution in [1.29, 1.82) is 0 Å². The van der Waals surface area contributed by atoms with Crippen LogP contribution in [0.25, 0.3) is 10.8 Å². The molecule has 2 aromatic heterocycles. The van der Waals surface area contributed by atoms with Gasteiger partial charge < -0.3 is 20.9 Å². The molecular formula is C22H27F2N7O. The second-order valence-corrected chi connectivity index (χ2v) is 8.42. The number of pyridine rings is 1. The van der Waals surface area contributed by atoms with E-state index < -0.39 is 5.92 Å². The number of halogens is 2. The SMILES string of the molecule is CC(Nc1n[nH]c(=O)c2cnc(N3CCN(C)CC3)cc12)c1cc(N)cc(C(C)(F)F)c1. The molecule has 0 spiro atoms. The fourth-order valence-corrected chi connectivity index (χ4v) is 3.84. The Morgan fingerprint density at radius 2 is 1.88 bits per heavy atom. The molecule has 1 aliphatic rings. The van der Waals surface area contributed by atoms with Gasteiger partial charge in [-0.15, -0.1) is 0 Å². The van der Waals surface area contributed by atoms with Crippen molar-refractivity contribution in [3.05, 3.63) is 51.9 Å². The van der Waals surface area contributed by atoms with E-state index in [2.05, 4.69) is 37.3 Å². The fourth-order valence-electron chi connectivity index (χ4n) is 3.84. The molecular weight excluding hydrogens is 416 g/mol. The van der Waals surface area contributed by atoms with Crippen LogP contribution in [0.2, 0.25) is 0 Å². The van der Waals surface area contributed by atoms with Crippen molar-refractivity contribution in [2.45, 2.75) is 25.8 Å². The third-order valence-corrected chi connectivity index (χ3v) is 5.82. The number of nitrogens with two attached hydrogens (primary N) is 1. The van der Waals surface area contributed by atoms with Crippen LogP contribution >= 0.6 is 0 Å². The quantitative estimate of drug-likeness (QED) is 0.521. The number of benzene rings is 1. The number of H-pyrrole nitrogens is 1. The van der Waals surface area contributed by atoms with Crippen molar-refractivity contribution in [3.63, 3.8) is 0 Å². The highest BCUT2D eigenvalue weighted by Crippen LogP contribution is 2.32. The van der Waals surface area contributed by atoms with Gasteiger partial charge in [-0.05, 0) is 43.8 Å². The van der Waals surface area contributed by atoms with E-state index in [1.807, 2.05) is 13.0 Å². The molecule has 0 amide bonds. The number of fused-ring (bicyclic) bond motifs is 1. The van der Waals surface area contributed by atoms with Gasteiger partial charge in [0.2, 0.25) is 0 Å². The molecule has 4 rings (SSSR count). The van der Waals surface area contributed by atoms with Crippen molar-refractivity contribution >= 4 is 28.1 Å². The van der Waals surface area contributed by atoms with E-state index >= 15 is 0 Å². The van der Waals surface area contributed by atoms with Gasteiger partial charge in [-0.3, -0.25) is 4.79 Å². The average molecular weight is 444 g/mol. The highest BCUT2D eigenvalue weighted by molar-refractivity contribution is 5.92. The second-order valence-electron chi connectivity index (χ2n) is 8.42. The first-order valence-electron chi connectivity index (χ1n) is 10.5. The standard InChI is InChI=1S/C22H27F2N7O/c1-13(14-8-15(22(2,23)24)10-16(25)9-14)27-20-17-11-19(31-6-4-30(3)5-7-31)26-12-18(17)21(32)29-28-20/h8-13H,4-7,25H2,1-3H3,(H,27,28)(H,29,32). The van der Waals surface area contributed by atoms with Crippen LogP contribution in [0.3, 0.4) is 0 Å². The molecule has 0 radical (unpaired) electrons. The minimum atomic E-state index is -3.00. The minimum absolute atomic E-state index is 0.151. The van der Waals surface area contributed by atoms with Gasteiger partial charge in [-0.2, -0.15) is 5.10 Å². The lowest BCUT2D eigenvalue weighted by Gasteiger charge is -2.33. The number of hydrogen-bond donors (Lipinski definition) is 3. The van der Waals surface area contributed by atoms with E-state index in [9.17, 15) is 13.6 Å². The largest absolute Gasteiger partial charge is 0.399 e. The number of aromatic nitrogens is 3. The molecule has 1 saturated heterocycles. The number of likely N-dealkylation sites (N-methyl/N-ethyl adjacent to an activating group) is 1. The maximum atomic E-state index is 13.9. The molecule has 1 aromatic carbocycles. The number of hydrogen-bond acceptors (Lipinski definition) is 7. The summed E-state index contributed by atoms with van der Waals surface area (Å²) in [7, 11) is 2.08. The Morgan fingerprint density at radius 1 is 1.16 bits per heavy atom. The van der Waals surface area contributed by atoms with Gasteiger partial charge in [0.1, 0.15) is 5.82 Å². The van der Waals surface area contributed by atoms with Crippen molar-refractivity contribution < 1.29 is 8.78 Å². The fraction of sp³-hybridized carbons (Fsp3) is 0.409. The maximum absolute atomic E-state index is 13.9. The Hall–Kier alpha value is -3.27. The molecule has 32 heavy (non-hydrogen) atoms. The summed E-state index contributed by atoms with van der Waals surface area (Å²) in [4.78, 5) is 21.2. The Bertz CT molecular complexity index is 1180. The molecule has 0 aliphatic carbocycles. The van der Waals surface area contributed by atoms with Crippen LogP contribution in [0.5, 0.6) is 0 Å². The first-order valence-corrected chi connectivity index (χ1v) is 10.5. The Labute approximate surface area is 184 Å². The van der Waals surface area contributed by atoms with Gasteiger partial charge in [-0.25, -0.2) is 18.9 Å². The first kappa shape index (κ1) is 21.9. The number of anilines is 3. The van der Waals surface area contributed by atoms with Crippen LogP contribution in [-0.4, -0.2) is 53.3 Å². The Kier molecular flexibility index (Phi) is 5.72. The van der Waals surface area contributed by atoms with E-state index in [1.54, 1.807) is 12.3 Å². The summed E-state index contributed by atoms with van der Waals surface area (Å²) in [5.74, 6) is -1.79. The topological polar surface area (TPSA) is 103 Å². The van der Waals surface area contributed by atoms with Crippen LogP contribution < -0.4 is 21.5 Å². The van der Waals surface area contributed by atoms with Crippen molar-refractivity contribution in [3.8, 4) is 0 Å². The van der Waals surface area contributed by atoms with E-state index in [4.69, 9.17) is 5.73 Å².